The lowest BCUT2D eigenvalue weighted by molar-refractivity contribution is 0.477. The molecule has 1 N–H and O–H groups in total. The molecule has 0 unspecified atom stereocenters. The number of rotatable bonds is 5. The second-order valence-corrected chi connectivity index (χ2v) is 9.88. The Balaban J connectivity index is 1.47. The number of benzene rings is 3. The molecule has 0 fully saturated rings. The molecule has 198 valence electrons. The number of phenolic OH excluding ortho intramolecular Hbond substituents is 1. The highest BCUT2D eigenvalue weighted by atomic mass is 16.3. The highest BCUT2D eigenvalue weighted by Crippen LogP contribution is 2.41. The van der Waals surface area contributed by atoms with E-state index in [1.807, 2.05) is 85.2 Å². The fraction of sp³-hybridized carbons (Fsp3) is 0.0588. The first-order chi connectivity index (χ1) is 20.1. The Kier molecular flexibility index (Phi) is 5.90. The Morgan fingerprint density at radius 3 is 2.37 bits per heavy atom. The van der Waals surface area contributed by atoms with Crippen LogP contribution in [-0.4, -0.2) is 25.0 Å². The Bertz CT molecular complexity index is 2030. The Labute approximate surface area is 236 Å². The van der Waals surface area contributed by atoms with Crippen molar-refractivity contribution in [1.82, 2.24) is 19.9 Å². The summed E-state index contributed by atoms with van der Waals surface area (Å²) in [4.78, 5) is 21.2. The molecule has 4 aromatic heterocycles. The number of anilines is 3. The zero-order chi connectivity index (χ0) is 27.9. The van der Waals surface area contributed by atoms with E-state index < -0.39 is 0 Å². The molecule has 3 aromatic carbocycles. The van der Waals surface area contributed by atoms with Crippen molar-refractivity contribution < 1.29 is 9.52 Å². The largest absolute Gasteiger partial charge is 0.507 e. The minimum Gasteiger partial charge on any atom is -0.507 e. The molecule has 0 saturated heterocycles. The molecule has 4 heterocycles. The van der Waals surface area contributed by atoms with Crippen LogP contribution in [-0.2, 0) is 0 Å². The number of hydrogen-bond acceptors (Lipinski definition) is 7. The Morgan fingerprint density at radius 2 is 1.56 bits per heavy atom. The van der Waals surface area contributed by atoms with Gasteiger partial charge in [0.2, 0.25) is 0 Å². The van der Waals surface area contributed by atoms with Gasteiger partial charge in [-0.2, -0.15) is 0 Å². The highest BCUT2D eigenvalue weighted by Gasteiger charge is 2.22. The van der Waals surface area contributed by atoms with Gasteiger partial charge in [-0.1, -0.05) is 42.5 Å². The number of aromatic hydroxyl groups is 1. The van der Waals surface area contributed by atoms with Gasteiger partial charge in [-0.05, 0) is 73.5 Å². The maximum atomic E-state index is 10.8. The molecular formula is C34H25N5O2. The van der Waals surface area contributed by atoms with Crippen LogP contribution in [0.3, 0.4) is 0 Å². The van der Waals surface area contributed by atoms with Crippen molar-refractivity contribution in [2.75, 3.05) is 4.90 Å². The lowest BCUT2D eigenvalue weighted by Crippen LogP contribution is -2.14. The first-order valence-electron chi connectivity index (χ1n) is 13.3. The van der Waals surface area contributed by atoms with Crippen LogP contribution in [0.25, 0.3) is 44.7 Å². The molecule has 41 heavy (non-hydrogen) atoms. The molecular weight excluding hydrogens is 510 g/mol. The topological polar surface area (TPSA) is 88.2 Å². The van der Waals surface area contributed by atoms with E-state index in [-0.39, 0.29) is 5.75 Å². The van der Waals surface area contributed by atoms with Gasteiger partial charge in [0.05, 0.1) is 5.69 Å². The van der Waals surface area contributed by atoms with Crippen LogP contribution in [0.4, 0.5) is 17.2 Å². The molecule has 0 atom stereocenters. The molecule has 0 saturated carbocycles. The van der Waals surface area contributed by atoms with Gasteiger partial charge in [-0.3, -0.25) is 9.88 Å². The summed E-state index contributed by atoms with van der Waals surface area (Å²) in [6.07, 6.45) is 5.52. The molecule has 7 nitrogen and oxygen atoms in total. The number of fused-ring (bicyclic) bond motifs is 3. The maximum Gasteiger partial charge on any atom is 0.180 e. The van der Waals surface area contributed by atoms with Gasteiger partial charge in [0, 0.05) is 40.8 Å². The molecule has 0 aliphatic carbocycles. The second kappa shape index (κ2) is 9.88. The smallest absolute Gasteiger partial charge is 0.180 e. The summed E-state index contributed by atoms with van der Waals surface area (Å²) < 4.78 is 6.23. The van der Waals surface area contributed by atoms with Crippen molar-refractivity contribution in [2.45, 2.75) is 13.8 Å². The van der Waals surface area contributed by atoms with Gasteiger partial charge >= 0.3 is 0 Å². The maximum absolute atomic E-state index is 10.8. The number of aromatic nitrogens is 4. The third kappa shape index (κ3) is 4.24. The molecule has 0 amide bonds. The number of pyridine rings is 2. The van der Waals surface area contributed by atoms with Crippen molar-refractivity contribution in [3.63, 3.8) is 0 Å². The number of nitrogens with zero attached hydrogens (tertiary/aromatic N) is 5. The van der Waals surface area contributed by atoms with Crippen LogP contribution in [0, 0.1) is 13.8 Å². The lowest BCUT2D eigenvalue weighted by atomic mass is 10.1. The minimum atomic E-state index is 0.123. The Morgan fingerprint density at radius 1 is 0.780 bits per heavy atom. The zero-order valence-corrected chi connectivity index (χ0v) is 22.5. The van der Waals surface area contributed by atoms with E-state index in [1.165, 1.54) is 0 Å². The van der Waals surface area contributed by atoms with Crippen LogP contribution >= 0.6 is 0 Å². The molecule has 7 heteroatoms. The van der Waals surface area contributed by atoms with Gasteiger partial charge < -0.3 is 9.52 Å². The summed E-state index contributed by atoms with van der Waals surface area (Å²) in [5.74, 6) is 1.43. The van der Waals surface area contributed by atoms with Crippen LogP contribution in [0.2, 0.25) is 0 Å². The first kappa shape index (κ1) is 24.5. The van der Waals surface area contributed by atoms with Crippen LogP contribution in [0.1, 0.15) is 11.1 Å². The van der Waals surface area contributed by atoms with Gasteiger partial charge in [0.1, 0.15) is 28.4 Å². The van der Waals surface area contributed by atoms with Crippen molar-refractivity contribution in [3.05, 3.63) is 121 Å². The zero-order valence-electron chi connectivity index (χ0n) is 22.5. The Hall–Kier alpha value is -5.56. The third-order valence-electron chi connectivity index (χ3n) is 7.13. The molecule has 7 aromatic rings. The molecule has 0 spiro atoms. The summed E-state index contributed by atoms with van der Waals surface area (Å²) in [6.45, 7) is 4.10. The van der Waals surface area contributed by atoms with Crippen molar-refractivity contribution >= 4 is 39.3 Å². The van der Waals surface area contributed by atoms with E-state index in [4.69, 9.17) is 14.4 Å². The standard InChI is InChI=1S/C34H25N5O2/c1-21-19-35-20-22(2)32(21)39(29-16-7-8-17-36-29)24-11-9-10-23(18-24)34-37-30(25-12-3-5-14-27(25)40)33-31(38-34)26-13-4-6-15-28(26)41-33/h3-20,40H,1-2H3. The monoisotopic (exact) mass is 535 g/mol. The van der Waals surface area contributed by atoms with Crippen molar-refractivity contribution in [2.24, 2.45) is 0 Å². The summed E-state index contributed by atoms with van der Waals surface area (Å²) in [5.41, 5.74) is 7.85. The summed E-state index contributed by atoms with van der Waals surface area (Å²) >= 11 is 0. The van der Waals surface area contributed by atoms with E-state index in [9.17, 15) is 5.11 Å². The summed E-state index contributed by atoms with van der Waals surface area (Å²) in [5, 5.41) is 11.6. The fourth-order valence-electron chi connectivity index (χ4n) is 5.27. The molecule has 0 radical (unpaired) electrons. The van der Waals surface area contributed by atoms with Gasteiger partial charge in [-0.25, -0.2) is 15.0 Å². The predicted octanol–water partition coefficient (Wildman–Crippen LogP) is 8.29. The van der Waals surface area contributed by atoms with Crippen molar-refractivity contribution in [1.29, 1.82) is 0 Å². The number of para-hydroxylation sites is 2. The number of aryl methyl sites for hydroxylation is 2. The third-order valence-corrected chi connectivity index (χ3v) is 7.13. The molecule has 7 rings (SSSR count). The average Bonchev–Trinajstić information content (AvgIpc) is 3.38. The first-order valence-corrected chi connectivity index (χ1v) is 13.3. The molecule has 0 aliphatic rings. The van der Waals surface area contributed by atoms with E-state index in [2.05, 4.69) is 34.8 Å². The van der Waals surface area contributed by atoms with Crippen LogP contribution < -0.4 is 4.90 Å². The van der Waals surface area contributed by atoms with Crippen LogP contribution in [0.15, 0.2) is 114 Å². The van der Waals surface area contributed by atoms with Gasteiger partial charge in [-0.15, -0.1) is 0 Å². The predicted molar refractivity (Wildman–Crippen MR) is 162 cm³/mol. The number of phenols is 1. The van der Waals surface area contributed by atoms with E-state index in [0.29, 0.717) is 33.8 Å². The quantitative estimate of drug-likeness (QED) is 0.237. The van der Waals surface area contributed by atoms with Crippen molar-refractivity contribution in [3.8, 4) is 28.4 Å². The number of furan rings is 1. The van der Waals surface area contributed by atoms with Gasteiger partial charge in [0.15, 0.2) is 11.4 Å². The lowest BCUT2D eigenvalue weighted by Gasteiger charge is -2.27. The van der Waals surface area contributed by atoms with E-state index in [0.717, 1.165) is 39.3 Å². The van der Waals surface area contributed by atoms with E-state index in [1.54, 1.807) is 18.3 Å². The molecule has 0 aliphatic heterocycles. The fourth-order valence-corrected chi connectivity index (χ4v) is 5.27. The van der Waals surface area contributed by atoms with E-state index >= 15 is 0 Å². The second-order valence-electron chi connectivity index (χ2n) is 9.88. The summed E-state index contributed by atoms with van der Waals surface area (Å²) in [6, 6.07) is 28.9. The highest BCUT2D eigenvalue weighted by molar-refractivity contribution is 6.07. The molecule has 0 bridgehead atoms. The SMILES string of the molecule is Cc1cncc(C)c1N(c1cccc(-c2nc(-c3ccccc3O)c3oc4ccccc4c3n2)c1)c1ccccn1. The average molecular weight is 536 g/mol. The normalized spacial score (nSPS) is 11.3. The number of hydrogen-bond donors (Lipinski definition) is 1. The van der Waals surface area contributed by atoms with Gasteiger partial charge in [0.25, 0.3) is 0 Å². The minimum absolute atomic E-state index is 0.123. The van der Waals surface area contributed by atoms with Crippen LogP contribution in [0.5, 0.6) is 5.75 Å². The summed E-state index contributed by atoms with van der Waals surface area (Å²) in [7, 11) is 0.